The van der Waals surface area contributed by atoms with E-state index in [0.717, 1.165) is 31.6 Å². The minimum Gasteiger partial charge on any atom is -0.319 e. The lowest BCUT2D eigenvalue weighted by atomic mass is 10.2. The van der Waals surface area contributed by atoms with Gasteiger partial charge >= 0.3 is 0 Å². The van der Waals surface area contributed by atoms with Crippen molar-refractivity contribution in [3.05, 3.63) is 12.3 Å². The molecule has 4 heteroatoms. The van der Waals surface area contributed by atoms with Crippen LogP contribution in [0, 0.1) is 0 Å². The lowest BCUT2D eigenvalue weighted by Gasteiger charge is -2.21. The maximum absolute atomic E-state index is 11.6. The van der Waals surface area contributed by atoms with E-state index >= 15 is 0 Å². The Hall–Kier alpha value is -0.770. The fourth-order valence-electron chi connectivity index (χ4n) is 1.45. The van der Waals surface area contributed by atoms with Crippen LogP contribution in [0.3, 0.4) is 0 Å². The molecule has 0 aromatic rings. The van der Waals surface area contributed by atoms with Crippen LogP contribution >= 0.6 is 11.8 Å². The maximum Gasteiger partial charge on any atom is 0.226 e. The van der Waals surface area contributed by atoms with Crippen LogP contribution in [0.5, 0.6) is 0 Å². The monoisotopic (exact) mass is 227 g/mol. The number of nitrogens with zero attached hydrogens (tertiary/aromatic N) is 1. The Labute approximate surface area is 94.9 Å². The van der Waals surface area contributed by atoms with Gasteiger partial charge in [0.05, 0.1) is 0 Å². The SMILES string of the molecule is CC(=O)SCCCC(=O)N1C=CCCC1. The topological polar surface area (TPSA) is 37.4 Å². The molecule has 1 aliphatic heterocycles. The molecular formula is C11H17NO2S. The highest BCUT2D eigenvalue weighted by molar-refractivity contribution is 8.13. The molecule has 1 amide bonds. The highest BCUT2D eigenvalue weighted by atomic mass is 32.2. The first kappa shape index (κ1) is 12.3. The Balaban J connectivity index is 2.15. The van der Waals surface area contributed by atoms with E-state index in [-0.39, 0.29) is 11.0 Å². The molecule has 15 heavy (non-hydrogen) atoms. The van der Waals surface area contributed by atoms with Crippen LogP contribution in [0.2, 0.25) is 0 Å². The van der Waals surface area contributed by atoms with Crippen molar-refractivity contribution in [3.63, 3.8) is 0 Å². The minimum absolute atomic E-state index is 0.125. The zero-order chi connectivity index (χ0) is 11.1. The number of thioether (sulfide) groups is 1. The number of hydrogen-bond donors (Lipinski definition) is 0. The zero-order valence-corrected chi connectivity index (χ0v) is 9.89. The lowest BCUT2D eigenvalue weighted by Crippen LogP contribution is -2.28. The molecule has 1 heterocycles. The number of carbonyl (C=O) groups excluding carboxylic acids is 2. The molecule has 0 saturated heterocycles. The molecule has 84 valence electrons. The van der Waals surface area contributed by atoms with Crippen molar-refractivity contribution in [2.45, 2.75) is 32.6 Å². The van der Waals surface area contributed by atoms with E-state index in [1.807, 2.05) is 12.3 Å². The van der Waals surface area contributed by atoms with E-state index in [2.05, 4.69) is 0 Å². The van der Waals surface area contributed by atoms with Gasteiger partial charge in [0.25, 0.3) is 0 Å². The third-order valence-electron chi connectivity index (χ3n) is 2.22. The van der Waals surface area contributed by atoms with E-state index in [9.17, 15) is 9.59 Å². The number of amides is 1. The second kappa shape index (κ2) is 6.67. The Morgan fingerprint density at radius 1 is 1.47 bits per heavy atom. The Kier molecular flexibility index (Phi) is 5.47. The summed E-state index contributed by atoms with van der Waals surface area (Å²) >= 11 is 1.29. The molecule has 0 spiro atoms. The molecule has 0 aliphatic carbocycles. The summed E-state index contributed by atoms with van der Waals surface area (Å²) in [5, 5.41) is 0.125. The summed E-state index contributed by atoms with van der Waals surface area (Å²) in [6, 6.07) is 0. The van der Waals surface area contributed by atoms with Crippen LogP contribution in [-0.4, -0.2) is 28.2 Å². The van der Waals surface area contributed by atoms with E-state index < -0.39 is 0 Å². The van der Waals surface area contributed by atoms with Crippen molar-refractivity contribution < 1.29 is 9.59 Å². The molecule has 0 unspecified atom stereocenters. The van der Waals surface area contributed by atoms with E-state index in [4.69, 9.17) is 0 Å². The van der Waals surface area contributed by atoms with Gasteiger partial charge in [-0.25, -0.2) is 0 Å². The van der Waals surface area contributed by atoms with Crippen LogP contribution in [0.15, 0.2) is 12.3 Å². The molecule has 3 nitrogen and oxygen atoms in total. The second-order valence-electron chi connectivity index (χ2n) is 3.56. The summed E-state index contributed by atoms with van der Waals surface area (Å²) in [6.07, 6.45) is 7.38. The summed E-state index contributed by atoms with van der Waals surface area (Å²) in [6.45, 7) is 2.40. The summed E-state index contributed by atoms with van der Waals surface area (Å²) in [7, 11) is 0. The Morgan fingerprint density at radius 2 is 2.27 bits per heavy atom. The van der Waals surface area contributed by atoms with Crippen molar-refractivity contribution >= 4 is 22.8 Å². The summed E-state index contributed by atoms with van der Waals surface area (Å²) in [4.78, 5) is 24.0. The average Bonchev–Trinajstić information content (AvgIpc) is 2.25. The van der Waals surface area contributed by atoms with Crippen LogP contribution in [0.1, 0.15) is 32.6 Å². The van der Waals surface area contributed by atoms with Crippen molar-refractivity contribution in [2.75, 3.05) is 12.3 Å². The summed E-state index contributed by atoms with van der Waals surface area (Å²) in [5.74, 6) is 0.925. The third-order valence-corrected chi connectivity index (χ3v) is 3.12. The van der Waals surface area contributed by atoms with Gasteiger partial charge in [0.1, 0.15) is 0 Å². The molecule has 0 aromatic carbocycles. The second-order valence-corrected chi connectivity index (χ2v) is 4.83. The Bertz CT molecular complexity index is 263. The van der Waals surface area contributed by atoms with Gasteiger partial charge in [-0.3, -0.25) is 9.59 Å². The molecule has 0 N–H and O–H groups in total. The van der Waals surface area contributed by atoms with Crippen LogP contribution < -0.4 is 0 Å². The highest BCUT2D eigenvalue weighted by Crippen LogP contribution is 2.10. The fourth-order valence-corrected chi connectivity index (χ4v) is 2.02. The summed E-state index contributed by atoms with van der Waals surface area (Å²) in [5.41, 5.74) is 0. The quantitative estimate of drug-likeness (QED) is 0.691. The van der Waals surface area contributed by atoms with Gasteiger partial charge in [0, 0.05) is 31.8 Å². The minimum atomic E-state index is 0.125. The van der Waals surface area contributed by atoms with Gasteiger partial charge in [0.2, 0.25) is 5.91 Å². The first-order valence-electron chi connectivity index (χ1n) is 5.29. The first-order chi connectivity index (χ1) is 7.20. The number of rotatable bonds is 4. The molecule has 1 aliphatic rings. The van der Waals surface area contributed by atoms with Gasteiger partial charge in [-0.05, 0) is 19.3 Å². The van der Waals surface area contributed by atoms with E-state index in [1.54, 1.807) is 11.8 Å². The molecule has 0 saturated carbocycles. The van der Waals surface area contributed by atoms with Crippen molar-refractivity contribution in [3.8, 4) is 0 Å². The summed E-state index contributed by atoms with van der Waals surface area (Å²) < 4.78 is 0. The van der Waals surface area contributed by atoms with Gasteiger partial charge in [0.15, 0.2) is 5.12 Å². The van der Waals surface area contributed by atoms with Gasteiger partial charge in [-0.2, -0.15) is 0 Å². The predicted octanol–water partition coefficient (Wildman–Crippen LogP) is 2.18. The van der Waals surface area contributed by atoms with Gasteiger partial charge < -0.3 is 4.90 Å². The normalized spacial score (nSPS) is 15.4. The Morgan fingerprint density at radius 3 is 2.87 bits per heavy atom. The van der Waals surface area contributed by atoms with Crippen LogP contribution in [0.25, 0.3) is 0 Å². The van der Waals surface area contributed by atoms with E-state index in [1.165, 1.54) is 11.8 Å². The zero-order valence-electron chi connectivity index (χ0n) is 9.07. The van der Waals surface area contributed by atoms with Gasteiger partial charge in [-0.15, -0.1) is 0 Å². The smallest absolute Gasteiger partial charge is 0.226 e. The fraction of sp³-hybridized carbons (Fsp3) is 0.636. The molecule has 0 aromatic heterocycles. The van der Waals surface area contributed by atoms with Gasteiger partial charge in [-0.1, -0.05) is 17.8 Å². The van der Waals surface area contributed by atoms with Crippen LogP contribution in [-0.2, 0) is 9.59 Å². The number of hydrogen-bond acceptors (Lipinski definition) is 3. The van der Waals surface area contributed by atoms with E-state index in [0.29, 0.717) is 6.42 Å². The van der Waals surface area contributed by atoms with Crippen molar-refractivity contribution in [1.82, 2.24) is 4.90 Å². The highest BCUT2D eigenvalue weighted by Gasteiger charge is 2.11. The number of carbonyl (C=O) groups is 2. The van der Waals surface area contributed by atoms with Crippen molar-refractivity contribution in [2.24, 2.45) is 0 Å². The van der Waals surface area contributed by atoms with Crippen molar-refractivity contribution in [1.29, 1.82) is 0 Å². The molecule has 0 radical (unpaired) electrons. The standard InChI is InChI=1S/C11H17NO2S/c1-10(13)15-9-5-6-11(14)12-7-3-2-4-8-12/h3,7H,2,4-6,8-9H2,1H3. The largest absolute Gasteiger partial charge is 0.319 e. The number of allylic oxidation sites excluding steroid dienone is 1. The third kappa shape index (κ3) is 5.02. The molecule has 0 bridgehead atoms. The first-order valence-corrected chi connectivity index (χ1v) is 6.28. The van der Waals surface area contributed by atoms with Crippen LogP contribution in [0.4, 0.5) is 0 Å². The lowest BCUT2D eigenvalue weighted by molar-refractivity contribution is -0.128. The predicted molar refractivity (Wildman–Crippen MR) is 62.5 cm³/mol. The molecule has 1 rings (SSSR count). The molecular weight excluding hydrogens is 210 g/mol. The maximum atomic E-state index is 11.6. The molecule has 0 atom stereocenters. The molecule has 0 fully saturated rings. The average molecular weight is 227 g/mol.